The van der Waals surface area contributed by atoms with E-state index in [4.69, 9.17) is 19.7 Å². The van der Waals surface area contributed by atoms with E-state index in [1.54, 1.807) is 6.92 Å². The van der Waals surface area contributed by atoms with E-state index in [2.05, 4.69) is 0 Å². The molecule has 0 aromatic heterocycles. The molecule has 0 spiro atoms. The van der Waals surface area contributed by atoms with E-state index < -0.39 is 23.8 Å². The summed E-state index contributed by atoms with van der Waals surface area (Å²) < 4.78 is 10.3. The van der Waals surface area contributed by atoms with Crippen molar-refractivity contribution in [1.82, 2.24) is 0 Å². The molecule has 0 saturated carbocycles. The first-order valence-corrected chi connectivity index (χ1v) is 5.80. The fourth-order valence-corrected chi connectivity index (χ4v) is 1.91. The van der Waals surface area contributed by atoms with Gasteiger partial charge >= 0.3 is 5.97 Å². The maximum atomic E-state index is 11.2. The number of hydrogen-bond acceptors (Lipinski definition) is 5. The Hall–Kier alpha value is -0.690. The van der Waals surface area contributed by atoms with Crippen LogP contribution in [0.1, 0.15) is 26.2 Å². The van der Waals surface area contributed by atoms with E-state index in [1.165, 1.54) is 0 Å². The van der Waals surface area contributed by atoms with Crippen LogP contribution in [0.3, 0.4) is 0 Å². The Morgan fingerprint density at radius 2 is 2.06 bits per heavy atom. The number of hydrogen-bond donors (Lipinski definition) is 3. The van der Waals surface area contributed by atoms with Crippen LogP contribution in [-0.2, 0) is 14.3 Å². The molecule has 3 N–H and O–H groups in total. The van der Waals surface area contributed by atoms with Crippen LogP contribution in [0.5, 0.6) is 0 Å². The molecule has 0 radical (unpaired) electrons. The number of ether oxygens (including phenoxy) is 2. The van der Waals surface area contributed by atoms with Crippen LogP contribution in [-0.4, -0.2) is 53.0 Å². The van der Waals surface area contributed by atoms with Gasteiger partial charge in [0.25, 0.3) is 0 Å². The molecule has 0 aliphatic carbocycles. The number of aliphatic hydroxyl groups excluding tert-OH is 1. The first-order chi connectivity index (χ1) is 8.00. The normalized spacial score (nSPS) is 22.3. The van der Waals surface area contributed by atoms with Crippen LogP contribution in [0.25, 0.3) is 0 Å². The molecule has 1 rings (SSSR count). The number of aliphatic carboxylic acids is 1. The zero-order valence-electron chi connectivity index (χ0n) is 9.96. The minimum atomic E-state index is -1.87. The van der Waals surface area contributed by atoms with Crippen molar-refractivity contribution in [1.29, 1.82) is 0 Å². The number of aliphatic hydroxyl groups is 2. The lowest BCUT2D eigenvalue weighted by Crippen LogP contribution is -2.47. The lowest BCUT2D eigenvalue weighted by Gasteiger charge is -2.31. The van der Waals surface area contributed by atoms with E-state index in [0.717, 1.165) is 0 Å². The Kier molecular flexibility index (Phi) is 5.32. The molecule has 17 heavy (non-hydrogen) atoms. The zero-order chi connectivity index (χ0) is 12.9. The molecule has 100 valence electrons. The average Bonchev–Trinajstić information content (AvgIpc) is 2.77. The second kappa shape index (κ2) is 6.30. The standard InChI is InChI=1S/C11H20O6/c1-8(3-2-4-12)11(15,10(13)14)7-9-16-5-6-17-9/h8-9,12,15H,2-7H2,1H3,(H,13,14)/t8-,11?/m1/s1. The highest BCUT2D eigenvalue weighted by Gasteiger charge is 2.44. The lowest BCUT2D eigenvalue weighted by molar-refractivity contribution is -0.178. The van der Waals surface area contributed by atoms with Crippen molar-refractivity contribution in [3.05, 3.63) is 0 Å². The Labute approximate surface area is 100 Å². The molecule has 0 amide bonds. The summed E-state index contributed by atoms with van der Waals surface area (Å²) in [6.07, 6.45) is 0.150. The molecule has 1 unspecified atom stereocenters. The topological polar surface area (TPSA) is 96.2 Å². The molecule has 6 heteroatoms. The first-order valence-electron chi connectivity index (χ1n) is 5.80. The summed E-state index contributed by atoms with van der Waals surface area (Å²) in [5.41, 5.74) is -1.87. The van der Waals surface area contributed by atoms with Gasteiger partial charge in [-0.2, -0.15) is 0 Å². The number of carbonyl (C=O) groups is 1. The van der Waals surface area contributed by atoms with E-state index in [9.17, 15) is 9.90 Å². The molecular weight excluding hydrogens is 228 g/mol. The van der Waals surface area contributed by atoms with E-state index in [0.29, 0.717) is 26.1 Å². The van der Waals surface area contributed by atoms with Gasteiger partial charge in [-0.1, -0.05) is 6.92 Å². The van der Waals surface area contributed by atoms with Crippen LogP contribution >= 0.6 is 0 Å². The molecule has 6 nitrogen and oxygen atoms in total. The van der Waals surface area contributed by atoms with Gasteiger partial charge in [0.2, 0.25) is 0 Å². The quantitative estimate of drug-likeness (QED) is 0.585. The van der Waals surface area contributed by atoms with Gasteiger partial charge in [-0.05, 0) is 18.8 Å². The Morgan fingerprint density at radius 1 is 1.47 bits per heavy atom. The fourth-order valence-electron chi connectivity index (χ4n) is 1.91. The van der Waals surface area contributed by atoms with Gasteiger partial charge in [0.05, 0.1) is 13.2 Å². The van der Waals surface area contributed by atoms with Crippen molar-refractivity contribution in [2.45, 2.75) is 38.1 Å². The van der Waals surface area contributed by atoms with Crippen molar-refractivity contribution in [2.24, 2.45) is 5.92 Å². The summed E-state index contributed by atoms with van der Waals surface area (Å²) in [4.78, 5) is 11.2. The predicted molar refractivity (Wildman–Crippen MR) is 58.4 cm³/mol. The van der Waals surface area contributed by atoms with Gasteiger partial charge in [0.1, 0.15) is 0 Å². The van der Waals surface area contributed by atoms with Crippen molar-refractivity contribution >= 4 is 5.97 Å². The van der Waals surface area contributed by atoms with E-state index in [-0.39, 0.29) is 13.0 Å². The maximum Gasteiger partial charge on any atom is 0.336 e. The third-order valence-electron chi connectivity index (χ3n) is 3.15. The number of carboxylic acids is 1. The fraction of sp³-hybridized carbons (Fsp3) is 0.909. The minimum absolute atomic E-state index is 0.0174. The third kappa shape index (κ3) is 3.64. The highest BCUT2D eigenvalue weighted by molar-refractivity contribution is 5.77. The summed E-state index contributed by atoms with van der Waals surface area (Å²) in [7, 11) is 0. The van der Waals surface area contributed by atoms with Gasteiger partial charge in [0, 0.05) is 13.0 Å². The Morgan fingerprint density at radius 3 is 2.53 bits per heavy atom. The molecule has 0 aromatic rings. The van der Waals surface area contributed by atoms with Crippen LogP contribution in [0.4, 0.5) is 0 Å². The van der Waals surface area contributed by atoms with Gasteiger partial charge < -0.3 is 24.8 Å². The van der Waals surface area contributed by atoms with Gasteiger partial charge in [0.15, 0.2) is 11.9 Å². The van der Waals surface area contributed by atoms with Crippen molar-refractivity contribution in [3.63, 3.8) is 0 Å². The van der Waals surface area contributed by atoms with E-state index >= 15 is 0 Å². The van der Waals surface area contributed by atoms with Crippen LogP contribution < -0.4 is 0 Å². The monoisotopic (exact) mass is 248 g/mol. The second-order valence-corrected chi connectivity index (χ2v) is 4.37. The Bertz CT molecular complexity index is 250. The molecule has 1 saturated heterocycles. The second-order valence-electron chi connectivity index (χ2n) is 4.37. The zero-order valence-corrected chi connectivity index (χ0v) is 9.96. The molecular formula is C11H20O6. The van der Waals surface area contributed by atoms with Gasteiger partial charge in [-0.15, -0.1) is 0 Å². The van der Waals surface area contributed by atoms with Crippen LogP contribution in [0, 0.1) is 5.92 Å². The highest BCUT2D eigenvalue weighted by atomic mass is 16.7. The first kappa shape index (κ1) is 14.4. The Balaban J connectivity index is 2.62. The van der Waals surface area contributed by atoms with Gasteiger partial charge in [-0.3, -0.25) is 0 Å². The summed E-state index contributed by atoms with van der Waals surface area (Å²) in [5.74, 6) is -1.75. The van der Waals surface area contributed by atoms with E-state index in [1.807, 2.05) is 0 Å². The lowest BCUT2D eigenvalue weighted by atomic mass is 9.82. The largest absolute Gasteiger partial charge is 0.479 e. The highest BCUT2D eigenvalue weighted by Crippen LogP contribution is 2.29. The summed E-state index contributed by atoms with van der Waals surface area (Å²) in [5, 5.41) is 28.1. The number of carboxylic acid groups (broad SMARTS) is 1. The molecule has 1 aliphatic heterocycles. The van der Waals surface area contributed by atoms with Gasteiger partial charge in [-0.25, -0.2) is 4.79 Å². The summed E-state index contributed by atoms with van der Waals surface area (Å²) >= 11 is 0. The SMILES string of the molecule is C[C@H](CCCO)C(O)(CC1OCCO1)C(=O)O. The van der Waals surface area contributed by atoms with Crippen molar-refractivity contribution in [2.75, 3.05) is 19.8 Å². The van der Waals surface area contributed by atoms with Crippen molar-refractivity contribution < 1.29 is 29.6 Å². The molecule has 1 aliphatic rings. The van der Waals surface area contributed by atoms with Crippen LogP contribution in [0.15, 0.2) is 0 Å². The molecule has 0 aromatic carbocycles. The summed E-state index contributed by atoms with van der Waals surface area (Å²) in [6, 6.07) is 0. The molecule has 0 bridgehead atoms. The minimum Gasteiger partial charge on any atom is -0.479 e. The smallest absolute Gasteiger partial charge is 0.336 e. The van der Waals surface area contributed by atoms with Crippen molar-refractivity contribution in [3.8, 4) is 0 Å². The third-order valence-corrected chi connectivity index (χ3v) is 3.15. The predicted octanol–water partition coefficient (Wildman–Crippen LogP) is -0.0263. The average molecular weight is 248 g/mol. The molecule has 2 atom stereocenters. The molecule has 1 fully saturated rings. The molecule has 1 heterocycles. The number of rotatable bonds is 7. The summed E-state index contributed by atoms with van der Waals surface area (Å²) in [6.45, 7) is 2.48. The maximum absolute atomic E-state index is 11.2. The van der Waals surface area contributed by atoms with Crippen LogP contribution in [0.2, 0.25) is 0 Å².